The standard InChI is InChI=1S/C18H20N4O4/c19-18-14-13(20-9-21-18)11(17-16(25)15(24)12(8-23)26-17)7-22(14)6-10-4-2-1-3-5-10/h1-5,7,9,12,15-17,23-25H,6,8H2,(H2,19,20,21)/t12-,15-,16-,17+/m1/s1. The van der Waals surface area contributed by atoms with Crippen LogP contribution in [-0.2, 0) is 11.3 Å². The van der Waals surface area contributed by atoms with Crippen LogP contribution in [-0.4, -0.2) is 54.8 Å². The zero-order valence-corrected chi connectivity index (χ0v) is 13.9. The van der Waals surface area contributed by atoms with Crippen LogP contribution in [0.25, 0.3) is 11.0 Å². The van der Waals surface area contributed by atoms with Crippen molar-refractivity contribution >= 4 is 16.9 Å². The Morgan fingerprint density at radius 1 is 1.12 bits per heavy atom. The molecule has 4 atom stereocenters. The van der Waals surface area contributed by atoms with Crippen LogP contribution in [0.4, 0.5) is 5.82 Å². The topological polar surface area (TPSA) is 127 Å². The highest BCUT2D eigenvalue weighted by atomic mass is 16.6. The number of aromatic nitrogens is 3. The number of rotatable bonds is 4. The summed E-state index contributed by atoms with van der Waals surface area (Å²) in [5.41, 5.74) is 8.95. The van der Waals surface area contributed by atoms with Gasteiger partial charge in [0.05, 0.1) is 12.1 Å². The van der Waals surface area contributed by atoms with E-state index in [2.05, 4.69) is 9.97 Å². The van der Waals surface area contributed by atoms with Gasteiger partial charge in [0.1, 0.15) is 36.3 Å². The van der Waals surface area contributed by atoms with Crippen molar-refractivity contribution < 1.29 is 20.1 Å². The van der Waals surface area contributed by atoms with Gasteiger partial charge in [-0.3, -0.25) is 0 Å². The van der Waals surface area contributed by atoms with Crippen molar-refractivity contribution in [3.63, 3.8) is 0 Å². The lowest BCUT2D eigenvalue weighted by Gasteiger charge is -2.13. The van der Waals surface area contributed by atoms with Gasteiger partial charge in [0, 0.05) is 18.3 Å². The van der Waals surface area contributed by atoms with E-state index in [0.717, 1.165) is 5.56 Å². The second-order valence-corrected chi connectivity index (χ2v) is 6.41. The number of aliphatic hydroxyl groups is 3. The molecule has 8 heteroatoms. The zero-order chi connectivity index (χ0) is 18.3. The van der Waals surface area contributed by atoms with Gasteiger partial charge in [-0.05, 0) is 5.56 Å². The summed E-state index contributed by atoms with van der Waals surface area (Å²) in [5.74, 6) is 0.323. The molecule has 4 rings (SSSR count). The molecule has 0 spiro atoms. The van der Waals surface area contributed by atoms with Crippen molar-refractivity contribution in [2.75, 3.05) is 12.3 Å². The number of nitrogens with two attached hydrogens (primary N) is 1. The summed E-state index contributed by atoms with van der Waals surface area (Å²) in [6.45, 7) is 0.165. The fourth-order valence-electron chi connectivity index (χ4n) is 3.45. The van der Waals surface area contributed by atoms with Crippen LogP contribution < -0.4 is 5.73 Å². The third kappa shape index (κ3) is 2.73. The van der Waals surface area contributed by atoms with Crippen LogP contribution in [0.2, 0.25) is 0 Å². The molecule has 5 N–H and O–H groups in total. The summed E-state index contributed by atoms with van der Waals surface area (Å²) in [6.07, 6.45) is -0.827. The number of benzene rings is 1. The van der Waals surface area contributed by atoms with Crippen LogP contribution in [0.1, 0.15) is 17.2 Å². The Morgan fingerprint density at radius 2 is 1.88 bits per heavy atom. The smallest absolute Gasteiger partial charge is 0.151 e. The fraction of sp³-hybridized carbons (Fsp3) is 0.333. The summed E-state index contributed by atoms with van der Waals surface area (Å²) < 4.78 is 7.57. The number of aliphatic hydroxyl groups excluding tert-OH is 3. The van der Waals surface area contributed by atoms with Crippen LogP contribution in [0.5, 0.6) is 0 Å². The van der Waals surface area contributed by atoms with Crippen LogP contribution in [0, 0.1) is 0 Å². The molecule has 0 aliphatic carbocycles. The number of nitrogen functional groups attached to an aromatic ring is 1. The lowest BCUT2D eigenvalue weighted by atomic mass is 10.0. The van der Waals surface area contributed by atoms with Crippen LogP contribution in [0.15, 0.2) is 42.9 Å². The van der Waals surface area contributed by atoms with Gasteiger partial charge < -0.3 is 30.4 Å². The van der Waals surface area contributed by atoms with Gasteiger partial charge in [-0.1, -0.05) is 30.3 Å². The highest BCUT2D eigenvalue weighted by molar-refractivity contribution is 5.88. The van der Waals surface area contributed by atoms with Crippen molar-refractivity contribution in [3.8, 4) is 0 Å². The summed E-state index contributed by atoms with van der Waals surface area (Å²) in [4.78, 5) is 8.38. The average Bonchev–Trinajstić information content (AvgIpc) is 3.15. The third-order valence-corrected chi connectivity index (χ3v) is 4.75. The summed E-state index contributed by atoms with van der Waals surface area (Å²) in [5, 5.41) is 29.8. The number of hydrogen-bond acceptors (Lipinski definition) is 7. The Bertz CT molecular complexity index is 914. The minimum atomic E-state index is -1.17. The molecule has 1 aliphatic rings. The first kappa shape index (κ1) is 16.9. The predicted octanol–water partition coefficient (Wildman–Crippen LogP) is 0.216. The van der Waals surface area contributed by atoms with E-state index in [0.29, 0.717) is 29.0 Å². The van der Waals surface area contributed by atoms with Gasteiger partial charge >= 0.3 is 0 Å². The van der Waals surface area contributed by atoms with Crippen molar-refractivity contribution in [3.05, 3.63) is 54.0 Å². The fourth-order valence-corrected chi connectivity index (χ4v) is 3.45. The monoisotopic (exact) mass is 356 g/mol. The molecule has 0 amide bonds. The van der Waals surface area contributed by atoms with Gasteiger partial charge in [-0.15, -0.1) is 0 Å². The minimum absolute atomic E-state index is 0.323. The number of anilines is 1. The van der Waals surface area contributed by atoms with E-state index in [1.807, 2.05) is 41.1 Å². The molecule has 1 aliphatic heterocycles. The predicted molar refractivity (Wildman–Crippen MR) is 94.2 cm³/mol. The Kier molecular flexibility index (Phi) is 4.33. The average molecular weight is 356 g/mol. The van der Waals surface area contributed by atoms with Crippen molar-refractivity contribution in [1.29, 1.82) is 0 Å². The molecule has 136 valence electrons. The largest absolute Gasteiger partial charge is 0.394 e. The molecular formula is C18H20N4O4. The molecule has 1 saturated heterocycles. The third-order valence-electron chi connectivity index (χ3n) is 4.75. The highest BCUT2D eigenvalue weighted by Gasteiger charge is 2.44. The summed E-state index contributed by atoms with van der Waals surface area (Å²) >= 11 is 0. The molecule has 3 heterocycles. The van der Waals surface area contributed by atoms with Crippen molar-refractivity contribution in [2.24, 2.45) is 0 Å². The summed E-state index contributed by atoms with van der Waals surface area (Å²) in [7, 11) is 0. The van der Waals surface area contributed by atoms with E-state index in [1.165, 1.54) is 6.33 Å². The number of hydrogen-bond donors (Lipinski definition) is 4. The molecule has 1 fully saturated rings. The Hall–Kier alpha value is -2.52. The van der Waals surface area contributed by atoms with Gasteiger partial charge in [0.25, 0.3) is 0 Å². The van der Waals surface area contributed by atoms with E-state index in [9.17, 15) is 15.3 Å². The SMILES string of the molecule is Nc1ncnc2c([C@@H]3O[C@H](CO)[C@@H](O)[C@H]3O)cn(Cc3ccccc3)c12. The van der Waals surface area contributed by atoms with Gasteiger partial charge in [-0.2, -0.15) is 0 Å². The molecule has 0 saturated carbocycles. The van der Waals surface area contributed by atoms with E-state index >= 15 is 0 Å². The minimum Gasteiger partial charge on any atom is -0.394 e. The molecule has 0 unspecified atom stereocenters. The first-order valence-electron chi connectivity index (χ1n) is 8.35. The van der Waals surface area contributed by atoms with Crippen molar-refractivity contribution in [1.82, 2.24) is 14.5 Å². The second-order valence-electron chi connectivity index (χ2n) is 6.41. The molecular weight excluding hydrogens is 336 g/mol. The first-order chi connectivity index (χ1) is 12.6. The molecule has 0 radical (unpaired) electrons. The Labute approximate surface area is 149 Å². The molecule has 2 aromatic heterocycles. The summed E-state index contributed by atoms with van der Waals surface area (Å²) in [6, 6.07) is 9.84. The van der Waals surface area contributed by atoms with Gasteiger partial charge in [-0.25, -0.2) is 9.97 Å². The van der Waals surface area contributed by atoms with E-state index < -0.39 is 24.4 Å². The maximum atomic E-state index is 10.4. The lowest BCUT2D eigenvalue weighted by Crippen LogP contribution is -2.32. The quantitative estimate of drug-likeness (QED) is 0.526. The number of fused-ring (bicyclic) bond motifs is 1. The molecule has 0 bridgehead atoms. The van der Waals surface area contributed by atoms with Crippen LogP contribution in [0.3, 0.4) is 0 Å². The number of nitrogens with zero attached hydrogens (tertiary/aromatic N) is 3. The van der Waals surface area contributed by atoms with Crippen molar-refractivity contribution in [2.45, 2.75) is 31.0 Å². The van der Waals surface area contributed by atoms with Gasteiger partial charge in [0.2, 0.25) is 0 Å². The van der Waals surface area contributed by atoms with Gasteiger partial charge in [0.15, 0.2) is 5.82 Å². The Morgan fingerprint density at radius 3 is 2.58 bits per heavy atom. The maximum absolute atomic E-state index is 10.4. The van der Waals surface area contributed by atoms with E-state index in [1.54, 1.807) is 0 Å². The van der Waals surface area contributed by atoms with E-state index in [-0.39, 0.29) is 6.61 Å². The number of ether oxygens (including phenoxy) is 1. The molecule has 8 nitrogen and oxygen atoms in total. The highest BCUT2D eigenvalue weighted by Crippen LogP contribution is 2.38. The lowest BCUT2D eigenvalue weighted by molar-refractivity contribution is -0.0224. The Balaban J connectivity index is 1.80. The zero-order valence-electron chi connectivity index (χ0n) is 13.9. The second kappa shape index (κ2) is 6.65. The maximum Gasteiger partial charge on any atom is 0.151 e. The molecule has 3 aromatic rings. The molecule has 26 heavy (non-hydrogen) atoms. The normalized spacial score (nSPS) is 25.8. The first-order valence-corrected chi connectivity index (χ1v) is 8.35. The van der Waals surface area contributed by atoms with E-state index in [4.69, 9.17) is 10.5 Å². The molecule has 1 aromatic carbocycles. The van der Waals surface area contributed by atoms with Crippen LogP contribution >= 0.6 is 0 Å².